The minimum atomic E-state index is -0.251. The third-order valence-electron chi connectivity index (χ3n) is 4.35. The van der Waals surface area contributed by atoms with Gasteiger partial charge < -0.3 is 15.4 Å². The zero-order valence-electron chi connectivity index (χ0n) is 16.7. The molecule has 0 aromatic heterocycles. The van der Waals surface area contributed by atoms with Gasteiger partial charge in [0.05, 0.1) is 0 Å². The van der Waals surface area contributed by atoms with E-state index >= 15 is 0 Å². The number of aryl methyl sites for hydroxylation is 1. The van der Waals surface area contributed by atoms with E-state index in [-0.39, 0.29) is 17.7 Å². The number of carbonyl (C=O) groups is 2. The maximum absolute atomic E-state index is 12.8. The van der Waals surface area contributed by atoms with E-state index in [0.717, 1.165) is 5.56 Å². The molecule has 5 heteroatoms. The molecule has 3 aromatic carbocycles. The van der Waals surface area contributed by atoms with Gasteiger partial charge >= 0.3 is 0 Å². The van der Waals surface area contributed by atoms with Crippen LogP contribution in [0.2, 0.25) is 0 Å². The molecule has 0 bridgehead atoms. The van der Waals surface area contributed by atoms with E-state index in [9.17, 15) is 9.59 Å². The number of rotatable bonds is 6. The van der Waals surface area contributed by atoms with Gasteiger partial charge in [-0.2, -0.15) is 0 Å². The average Bonchev–Trinajstić information content (AvgIpc) is 2.71. The van der Waals surface area contributed by atoms with Gasteiger partial charge in [-0.25, -0.2) is 0 Å². The Morgan fingerprint density at radius 3 is 2.28 bits per heavy atom. The highest BCUT2D eigenvalue weighted by atomic mass is 16.5. The van der Waals surface area contributed by atoms with Crippen LogP contribution in [0.25, 0.3) is 0 Å². The first kappa shape index (κ1) is 20.1. The Hall–Kier alpha value is -3.60. The lowest BCUT2D eigenvalue weighted by Crippen LogP contribution is -2.18. The van der Waals surface area contributed by atoms with Crippen molar-refractivity contribution in [3.05, 3.63) is 83.9 Å². The Kier molecular flexibility index (Phi) is 6.29. The Morgan fingerprint density at radius 1 is 0.828 bits per heavy atom. The van der Waals surface area contributed by atoms with Gasteiger partial charge in [-0.15, -0.1) is 0 Å². The van der Waals surface area contributed by atoms with Crippen molar-refractivity contribution >= 4 is 23.2 Å². The number of hydrogen-bond acceptors (Lipinski definition) is 3. The van der Waals surface area contributed by atoms with E-state index in [1.165, 1.54) is 0 Å². The second kappa shape index (κ2) is 9.06. The van der Waals surface area contributed by atoms with Gasteiger partial charge in [0, 0.05) is 22.9 Å². The van der Waals surface area contributed by atoms with Crippen LogP contribution in [0.15, 0.2) is 72.8 Å². The molecule has 3 rings (SSSR count). The quantitative estimate of drug-likeness (QED) is 0.575. The standard InChI is InChI=1S/C24H24N2O3/c1-16(2)23(27)25-19-13-12-17(3)22(15-19)26-24(28)18-8-7-11-21(14-18)29-20-9-5-4-6-10-20/h4-16H,1-3H3,(H,25,27)(H,26,28). The van der Waals surface area contributed by atoms with Crippen molar-refractivity contribution in [2.45, 2.75) is 20.8 Å². The minimum absolute atomic E-state index is 0.0723. The van der Waals surface area contributed by atoms with Gasteiger partial charge in [-0.3, -0.25) is 9.59 Å². The van der Waals surface area contributed by atoms with Crippen LogP contribution in [-0.2, 0) is 4.79 Å². The number of hydrogen-bond donors (Lipinski definition) is 2. The fourth-order valence-electron chi connectivity index (χ4n) is 2.64. The van der Waals surface area contributed by atoms with Crippen LogP contribution in [0.4, 0.5) is 11.4 Å². The predicted molar refractivity (Wildman–Crippen MR) is 116 cm³/mol. The van der Waals surface area contributed by atoms with E-state index < -0.39 is 0 Å². The molecule has 0 unspecified atom stereocenters. The normalized spacial score (nSPS) is 10.5. The van der Waals surface area contributed by atoms with E-state index in [4.69, 9.17) is 4.74 Å². The summed E-state index contributed by atoms with van der Waals surface area (Å²) in [6.45, 7) is 5.56. The summed E-state index contributed by atoms with van der Waals surface area (Å²) < 4.78 is 5.80. The molecule has 0 fully saturated rings. The Balaban J connectivity index is 1.75. The topological polar surface area (TPSA) is 67.4 Å². The monoisotopic (exact) mass is 388 g/mol. The molecule has 0 aliphatic carbocycles. The molecule has 148 valence electrons. The van der Waals surface area contributed by atoms with E-state index in [2.05, 4.69) is 10.6 Å². The summed E-state index contributed by atoms with van der Waals surface area (Å²) >= 11 is 0. The van der Waals surface area contributed by atoms with Crippen molar-refractivity contribution in [3.63, 3.8) is 0 Å². The first-order valence-corrected chi connectivity index (χ1v) is 9.48. The van der Waals surface area contributed by atoms with Gasteiger partial charge in [-0.1, -0.05) is 44.2 Å². The highest BCUT2D eigenvalue weighted by molar-refractivity contribution is 6.05. The Morgan fingerprint density at radius 2 is 1.55 bits per heavy atom. The lowest BCUT2D eigenvalue weighted by molar-refractivity contribution is -0.118. The van der Waals surface area contributed by atoms with Crippen LogP contribution in [0, 0.1) is 12.8 Å². The van der Waals surface area contributed by atoms with Crippen LogP contribution >= 0.6 is 0 Å². The van der Waals surface area contributed by atoms with E-state index in [0.29, 0.717) is 28.4 Å². The summed E-state index contributed by atoms with van der Waals surface area (Å²) in [5.74, 6) is 0.838. The first-order chi connectivity index (χ1) is 13.9. The number of nitrogens with one attached hydrogen (secondary N) is 2. The van der Waals surface area contributed by atoms with E-state index in [1.54, 1.807) is 30.3 Å². The van der Waals surface area contributed by atoms with Gasteiger partial charge in [-0.05, 0) is 55.0 Å². The van der Waals surface area contributed by atoms with Crippen molar-refractivity contribution in [1.29, 1.82) is 0 Å². The molecular weight excluding hydrogens is 364 g/mol. The number of ether oxygens (including phenoxy) is 1. The van der Waals surface area contributed by atoms with Crippen molar-refractivity contribution in [2.24, 2.45) is 5.92 Å². The number of carbonyl (C=O) groups excluding carboxylic acids is 2. The number of para-hydroxylation sites is 1. The molecule has 2 amide bonds. The van der Waals surface area contributed by atoms with Crippen molar-refractivity contribution in [2.75, 3.05) is 10.6 Å². The van der Waals surface area contributed by atoms with Crippen LogP contribution in [0.5, 0.6) is 11.5 Å². The molecule has 0 radical (unpaired) electrons. The largest absolute Gasteiger partial charge is 0.457 e. The number of anilines is 2. The Labute approximate surface area is 170 Å². The maximum Gasteiger partial charge on any atom is 0.255 e. The second-order valence-corrected chi connectivity index (χ2v) is 7.07. The summed E-state index contributed by atoms with van der Waals surface area (Å²) in [5.41, 5.74) is 2.67. The molecule has 0 saturated heterocycles. The molecule has 0 saturated carbocycles. The van der Waals surface area contributed by atoms with Gasteiger partial charge in [0.25, 0.3) is 5.91 Å². The fraction of sp³-hybridized carbons (Fsp3) is 0.167. The van der Waals surface area contributed by atoms with Crippen LogP contribution < -0.4 is 15.4 Å². The lowest BCUT2D eigenvalue weighted by Gasteiger charge is -2.13. The molecule has 0 aliphatic rings. The third-order valence-corrected chi connectivity index (χ3v) is 4.35. The molecule has 0 atom stereocenters. The number of amides is 2. The van der Waals surface area contributed by atoms with Crippen molar-refractivity contribution in [1.82, 2.24) is 0 Å². The van der Waals surface area contributed by atoms with Crippen LogP contribution in [0.1, 0.15) is 29.8 Å². The summed E-state index contributed by atoms with van der Waals surface area (Å²) in [6.07, 6.45) is 0. The van der Waals surface area contributed by atoms with Crippen LogP contribution in [0.3, 0.4) is 0 Å². The zero-order chi connectivity index (χ0) is 20.8. The fourth-order valence-corrected chi connectivity index (χ4v) is 2.64. The second-order valence-electron chi connectivity index (χ2n) is 7.07. The highest BCUT2D eigenvalue weighted by Gasteiger charge is 2.12. The van der Waals surface area contributed by atoms with Gasteiger partial charge in [0.15, 0.2) is 0 Å². The minimum Gasteiger partial charge on any atom is -0.457 e. The molecule has 2 N–H and O–H groups in total. The summed E-state index contributed by atoms with van der Waals surface area (Å²) in [7, 11) is 0. The Bertz CT molecular complexity index is 1010. The smallest absolute Gasteiger partial charge is 0.255 e. The van der Waals surface area contributed by atoms with Crippen molar-refractivity contribution in [3.8, 4) is 11.5 Å². The first-order valence-electron chi connectivity index (χ1n) is 9.48. The molecule has 0 aliphatic heterocycles. The van der Waals surface area contributed by atoms with E-state index in [1.807, 2.05) is 63.2 Å². The summed E-state index contributed by atoms with van der Waals surface area (Å²) in [5, 5.41) is 5.76. The van der Waals surface area contributed by atoms with Gasteiger partial charge in [0.2, 0.25) is 5.91 Å². The van der Waals surface area contributed by atoms with Gasteiger partial charge in [0.1, 0.15) is 11.5 Å². The molecule has 0 spiro atoms. The lowest BCUT2D eigenvalue weighted by atomic mass is 10.1. The summed E-state index contributed by atoms with van der Waals surface area (Å²) in [6, 6.07) is 21.8. The predicted octanol–water partition coefficient (Wildman–Crippen LogP) is 5.63. The average molecular weight is 388 g/mol. The molecule has 29 heavy (non-hydrogen) atoms. The number of benzene rings is 3. The van der Waals surface area contributed by atoms with Crippen LogP contribution in [-0.4, -0.2) is 11.8 Å². The SMILES string of the molecule is Cc1ccc(NC(=O)C(C)C)cc1NC(=O)c1cccc(Oc2ccccc2)c1. The highest BCUT2D eigenvalue weighted by Crippen LogP contribution is 2.24. The summed E-state index contributed by atoms with van der Waals surface area (Å²) in [4.78, 5) is 24.7. The molecular formula is C24H24N2O3. The molecule has 3 aromatic rings. The van der Waals surface area contributed by atoms with Crippen molar-refractivity contribution < 1.29 is 14.3 Å². The molecule has 0 heterocycles. The zero-order valence-corrected chi connectivity index (χ0v) is 16.7. The molecule has 5 nitrogen and oxygen atoms in total. The third kappa shape index (κ3) is 5.45. The maximum atomic E-state index is 12.8.